The molecule has 0 bridgehead atoms. The molecule has 2 rings (SSSR count). The van der Waals surface area contributed by atoms with Gasteiger partial charge in [-0.2, -0.15) is 0 Å². The zero-order valence-electron chi connectivity index (χ0n) is 10.3. The van der Waals surface area contributed by atoms with Gasteiger partial charge < -0.3 is 0 Å². The highest BCUT2D eigenvalue weighted by Crippen LogP contribution is 2.34. The monoisotopic (exact) mass is 235 g/mol. The summed E-state index contributed by atoms with van der Waals surface area (Å²) in [6, 6.07) is 6.22. The highest BCUT2D eigenvalue weighted by Gasteiger charge is 2.31. The summed E-state index contributed by atoms with van der Waals surface area (Å²) in [5, 5.41) is 0. The molecule has 0 N–H and O–H groups in total. The number of carbonyl (C=O) groups excluding carboxylic acids is 1. The van der Waals surface area contributed by atoms with E-state index >= 15 is 0 Å². The maximum absolute atomic E-state index is 12.7. The van der Waals surface area contributed by atoms with Crippen LogP contribution in [-0.2, 0) is 0 Å². The number of carbonyl (C=O) groups is 1. The van der Waals surface area contributed by atoms with Crippen LogP contribution in [0, 0.1) is 11.7 Å². The third kappa shape index (κ3) is 3.13. The summed E-state index contributed by atoms with van der Waals surface area (Å²) in [7, 11) is 1.98. The fourth-order valence-corrected chi connectivity index (χ4v) is 2.04. The SMILES string of the molecule is CC(C1CC1)N(C)CC(=O)c1ccc(F)cc1. The maximum atomic E-state index is 12.7. The molecule has 1 fully saturated rings. The smallest absolute Gasteiger partial charge is 0.176 e. The predicted molar refractivity (Wildman–Crippen MR) is 65.5 cm³/mol. The van der Waals surface area contributed by atoms with E-state index in [9.17, 15) is 9.18 Å². The Morgan fingerprint density at radius 1 is 1.41 bits per heavy atom. The van der Waals surface area contributed by atoms with E-state index < -0.39 is 0 Å². The van der Waals surface area contributed by atoms with Gasteiger partial charge >= 0.3 is 0 Å². The molecule has 0 saturated heterocycles. The third-order valence-corrected chi connectivity index (χ3v) is 3.56. The van der Waals surface area contributed by atoms with E-state index in [0.29, 0.717) is 18.2 Å². The Morgan fingerprint density at radius 2 is 2.00 bits per heavy atom. The average molecular weight is 235 g/mol. The quantitative estimate of drug-likeness (QED) is 0.731. The van der Waals surface area contributed by atoms with E-state index in [1.165, 1.54) is 25.0 Å². The van der Waals surface area contributed by atoms with Crippen molar-refractivity contribution in [3.8, 4) is 0 Å². The van der Waals surface area contributed by atoms with E-state index in [1.54, 1.807) is 12.1 Å². The summed E-state index contributed by atoms with van der Waals surface area (Å²) < 4.78 is 12.7. The van der Waals surface area contributed by atoms with Crippen LogP contribution in [0.1, 0.15) is 30.1 Å². The first-order chi connectivity index (χ1) is 8.08. The van der Waals surface area contributed by atoms with Gasteiger partial charge in [-0.1, -0.05) is 0 Å². The standard InChI is InChI=1S/C14H18FNO/c1-10(11-3-4-11)16(2)9-14(17)12-5-7-13(15)8-6-12/h5-8,10-11H,3-4,9H2,1-2H3. The zero-order chi connectivity index (χ0) is 12.4. The molecule has 17 heavy (non-hydrogen) atoms. The zero-order valence-corrected chi connectivity index (χ0v) is 10.3. The molecule has 1 unspecified atom stereocenters. The summed E-state index contributed by atoms with van der Waals surface area (Å²) in [4.78, 5) is 14.0. The molecule has 0 heterocycles. The lowest BCUT2D eigenvalue weighted by molar-refractivity contribution is 0.0917. The topological polar surface area (TPSA) is 20.3 Å². The largest absolute Gasteiger partial charge is 0.296 e. The number of halogens is 1. The van der Waals surface area contributed by atoms with Crippen LogP contribution in [0.4, 0.5) is 4.39 Å². The number of benzene rings is 1. The molecule has 0 aromatic heterocycles. The molecule has 2 nitrogen and oxygen atoms in total. The fraction of sp³-hybridized carbons (Fsp3) is 0.500. The molecule has 1 aliphatic carbocycles. The normalized spacial score (nSPS) is 17.2. The third-order valence-electron chi connectivity index (χ3n) is 3.56. The van der Waals surface area contributed by atoms with Gasteiger partial charge in [0.25, 0.3) is 0 Å². The van der Waals surface area contributed by atoms with Crippen molar-refractivity contribution in [2.75, 3.05) is 13.6 Å². The molecule has 1 aliphatic rings. The Morgan fingerprint density at radius 3 is 2.53 bits per heavy atom. The van der Waals surface area contributed by atoms with Crippen LogP contribution in [0.5, 0.6) is 0 Å². The van der Waals surface area contributed by atoms with Crippen molar-refractivity contribution in [3.05, 3.63) is 35.6 Å². The van der Waals surface area contributed by atoms with E-state index in [2.05, 4.69) is 11.8 Å². The summed E-state index contributed by atoms with van der Waals surface area (Å²) >= 11 is 0. The van der Waals surface area contributed by atoms with Crippen LogP contribution in [0.15, 0.2) is 24.3 Å². The van der Waals surface area contributed by atoms with Crippen molar-refractivity contribution in [1.29, 1.82) is 0 Å². The van der Waals surface area contributed by atoms with Gasteiger partial charge in [-0.15, -0.1) is 0 Å². The molecule has 1 aromatic rings. The highest BCUT2D eigenvalue weighted by atomic mass is 19.1. The van der Waals surface area contributed by atoms with Gasteiger partial charge in [0.05, 0.1) is 6.54 Å². The number of hydrogen-bond acceptors (Lipinski definition) is 2. The lowest BCUT2D eigenvalue weighted by Gasteiger charge is -2.23. The number of likely N-dealkylation sites (N-methyl/N-ethyl adjacent to an activating group) is 1. The van der Waals surface area contributed by atoms with Gasteiger partial charge in [0.1, 0.15) is 5.82 Å². The van der Waals surface area contributed by atoms with E-state index in [0.717, 1.165) is 5.92 Å². The van der Waals surface area contributed by atoms with Crippen molar-refractivity contribution in [2.45, 2.75) is 25.8 Å². The van der Waals surface area contributed by atoms with Crippen LogP contribution >= 0.6 is 0 Å². The van der Waals surface area contributed by atoms with Crippen LogP contribution < -0.4 is 0 Å². The highest BCUT2D eigenvalue weighted by molar-refractivity contribution is 5.97. The lowest BCUT2D eigenvalue weighted by Crippen LogP contribution is -2.35. The van der Waals surface area contributed by atoms with Crippen molar-refractivity contribution in [2.24, 2.45) is 5.92 Å². The van der Waals surface area contributed by atoms with Crippen LogP contribution in [-0.4, -0.2) is 30.3 Å². The number of rotatable bonds is 5. The lowest BCUT2D eigenvalue weighted by atomic mass is 10.1. The van der Waals surface area contributed by atoms with Gasteiger partial charge in [0.2, 0.25) is 0 Å². The minimum atomic E-state index is -0.304. The van der Waals surface area contributed by atoms with Crippen molar-refractivity contribution in [1.82, 2.24) is 4.90 Å². The summed E-state index contributed by atoms with van der Waals surface area (Å²) in [5.74, 6) is 0.502. The van der Waals surface area contributed by atoms with Gasteiger partial charge in [-0.3, -0.25) is 9.69 Å². The molecule has 1 saturated carbocycles. The van der Waals surface area contributed by atoms with Crippen LogP contribution in [0.25, 0.3) is 0 Å². The first-order valence-corrected chi connectivity index (χ1v) is 6.07. The molecule has 0 radical (unpaired) electrons. The van der Waals surface area contributed by atoms with Gasteiger partial charge in [0.15, 0.2) is 5.78 Å². The second-order valence-corrected chi connectivity index (χ2v) is 4.92. The van der Waals surface area contributed by atoms with Gasteiger partial charge in [-0.05, 0) is 57.0 Å². The molecule has 92 valence electrons. The number of nitrogens with zero attached hydrogens (tertiary/aromatic N) is 1. The molecule has 0 spiro atoms. The summed E-state index contributed by atoms with van der Waals surface area (Å²) in [5.41, 5.74) is 0.584. The average Bonchev–Trinajstić information content (AvgIpc) is 3.12. The molecule has 0 amide bonds. The summed E-state index contributed by atoms with van der Waals surface area (Å²) in [6.45, 7) is 2.57. The van der Waals surface area contributed by atoms with Crippen molar-refractivity contribution in [3.63, 3.8) is 0 Å². The fourth-order valence-electron chi connectivity index (χ4n) is 2.04. The van der Waals surface area contributed by atoms with Crippen LogP contribution in [0.2, 0.25) is 0 Å². The molecule has 1 aromatic carbocycles. The van der Waals surface area contributed by atoms with Crippen molar-refractivity contribution >= 4 is 5.78 Å². The number of ketones is 1. The Hall–Kier alpha value is -1.22. The van der Waals surface area contributed by atoms with E-state index in [4.69, 9.17) is 0 Å². The van der Waals surface area contributed by atoms with E-state index in [1.807, 2.05) is 7.05 Å². The van der Waals surface area contributed by atoms with Crippen molar-refractivity contribution < 1.29 is 9.18 Å². The second kappa shape index (κ2) is 4.96. The molecule has 3 heteroatoms. The molecule has 1 atom stereocenters. The first-order valence-electron chi connectivity index (χ1n) is 6.07. The van der Waals surface area contributed by atoms with Crippen LogP contribution in [0.3, 0.4) is 0 Å². The minimum Gasteiger partial charge on any atom is -0.296 e. The molecule has 0 aliphatic heterocycles. The Labute approximate surface area is 101 Å². The first kappa shape index (κ1) is 12.2. The van der Waals surface area contributed by atoms with E-state index in [-0.39, 0.29) is 11.6 Å². The predicted octanol–water partition coefficient (Wildman–Crippen LogP) is 2.74. The second-order valence-electron chi connectivity index (χ2n) is 4.92. The molecular formula is C14H18FNO. The van der Waals surface area contributed by atoms with Gasteiger partial charge in [-0.25, -0.2) is 4.39 Å². The number of Topliss-reactive ketones (excluding diaryl/α,β-unsaturated/α-hetero) is 1. The Balaban J connectivity index is 1.93. The maximum Gasteiger partial charge on any atom is 0.176 e. The molecular weight excluding hydrogens is 217 g/mol. The Bertz CT molecular complexity index is 397. The Kier molecular flexibility index (Phi) is 3.57. The summed E-state index contributed by atoms with van der Waals surface area (Å²) in [6.07, 6.45) is 2.55. The minimum absolute atomic E-state index is 0.0556. The number of hydrogen-bond donors (Lipinski definition) is 0. The van der Waals surface area contributed by atoms with Gasteiger partial charge in [0, 0.05) is 11.6 Å².